The zero-order valence-electron chi connectivity index (χ0n) is 18.2. The van der Waals surface area contributed by atoms with Gasteiger partial charge in [-0.3, -0.25) is 4.79 Å². The molecule has 0 spiro atoms. The number of nitriles is 1. The second-order valence-corrected chi connectivity index (χ2v) is 7.91. The van der Waals surface area contributed by atoms with Crippen molar-refractivity contribution >= 4 is 17.2 Å². The molecule has 0 fully saturated rings. The Morgan fingerprint density at radius 3 is 2.67 bits per heavy atom. The van der Waals surface area contributed by atoms with E-state index in [1.54, 1.807) is 6.07 Å². The van der Waals surface area contributed by atoms with Crippen LogP contribution in [0.1, 0.15) is 16.5 Å². The minimum absolute atomic E-state index is 0.0397. The van der Waals surface area contributed by atoms with E-state index in [9.17, 15) is 4.79 Å². The molecule has 0 aliphatic carbocycles. The van der Waals surface area contributed by atoms with Crippen LogP contribution in [0.15, 0.2) is 60.0 Å². The highest BCUT2D eigenvalue weighted by Crippen LogP contribution is 2.31. The Balaban J connectivity index is 1.64. The van der Waals surface area contributed by atoms with Gasteiger partial charge in [0.25, 0.3) is 5.91 Å². The van der Waals surface area contributed by atoms with E-state index in [0.717, 1.165) is 21.6 Å². The molecule has 33 heavy (non-hydrogen) atoms. The third-order valence-corrected chi connectivity index (χ3v) is 5.77. The molecule has 1 aromatic heterocycles. The van der Waals surface area contributed by atoms with Gasteiger partial charge in [-0.2, -0.15) is 5.26 Å². The van der Waals surface area contributed by atoms with E-state index in [-0.39, 0.29) is 19.1 Å². The van der Waals surface area contributed by atoms with Crippen LogP contribution in [0.3, 0.4) is 0 Å². The fourth-order valence-corrected chi connectivity index (χ4v) is 4.17. The van der Waals surface area contributed by atoms with Gasteiger partial charge in [0.2, 0.25) is 0 Å². The van der Waals surface area contributed by atoms with Gasteiger partial charge in [0.05, 0.1) is 7.11 Å². The zero-order chi connectivity index (χ0) is 23.5. The normalized spacial score (nSPS) is 11.1. The summed E-state index contributed by atoms with van der Waals surface area (Å²) in [4.78, 5) is 13.7. The summed E-state index contributed by atoms with van der Waals surface area (Å²) in [6.45, 7) is 0.394. The smallest absolute Gasteiger partial charge is 0.254 e. The predicted molar refractivity (Wildman–Crippen MR) is 128 cm³/mol. The summed E-state index contributed by atoms with van der Waals surface area (Å²) >= 11 is 1.47. The van der Waals surface area contributed by atoms with Crippen LogP contribution in [-0.4, -0.2) is 32.8 Å². The van der Waals surface area contributed by atoms with Gasteiger partial charge in [0.15, 0.2) is 24.2 Å². The number of hydrogen-bond donors (Lipinski definition) is 1. The largest absolute Gasteiger partial charge is 0.493 e. The summed E-state index contributed by atoms with van der Waals surface area (Å²) < 4.78 is 16.4. The van der Waals surface area contributed by atoms with Gasteiger partial charge < -0.3 is 19.5 Å². The van der Waals surface area contributed by atoms with E-state index >= 15 is 0 Å². The minimum atomic E-state index is -0.778. The van der Waals surface area contributed by atoms with Crippen molar-refractivity contribution in [2.45, 2.75) is 12.5 Å². The molecule has 1 heterocycles. The molecule has 7 heteroatoms. The summed E-state index contributed by atoms with van der Waals surface area (Å²) in [6.07, 6.45) is 5.16. The highest BCUT2D eigenvalue weighted by atomic mass is 32.1. The Hall–Kier alpha value is -3.78. The van der Waals surface area contributed by atoms with Gasteiger partial charge in [-0.1, -0.05) is 42.3 Å². The molecule has 0 radical (unpaired) electrons. The predicted octanol–water partition coefficient (Wildman–Crippen LogP) is 4.38. The van der Waals surface area contributed by atoms with E-state index < -0.39 is 6.10 Å². The van der Waals surface area contributed by atoms with Crippen LogP contribution in [0.2, 0.25) is 0 Å². The monoisotopic (exact) mass is 460 g/mol. The topological polar surface area (TPSA) is 80.6 Å². The number of nitrogens with zero attached hydrogens (tertiary/aromatic N) is 1. The van der Waals surface area contributed by atoms with Crippen molar-refractivity contribution in [2.24, 2.45) is 0 Å². The molecule has 1 N–H and O–H groups in total. The number of carbonyl (C=O) groups excluding carboxylic acids is 1. The van der Waals surface area contributed by atoms with E-state index in [2.05, 4.69) is 11.2 Å². The van der Waals surface area contributed by atoms with Crippen molar-refractivity contribution < 1.29 is 19.0 Å². The minimum Gasteiger partial charge on any atom is -0.493 e. The molecular weight excluding hydrogens is 436 g/mol. The second kappa shape index (κ2) is 12.3. The van der Waals surface area contributed by atoms with Gasteiger partial charge in [0, 0.05) is 11.4 Å². The molecule has 3 rings (SSSR count). The van der Waals surface area contributed by atoms with Crippen molar-refractivity contribution in [1.29, 1.82) is 5.26 Å². The molecule has 0 bridgehead atoms. The molecule has 1 amide bonds. The maximum atomic E-state index is 12.9. The number of amides is 1. The Labute approximate surface area is 197 Å². The lowest BCUT2D eigenvalue weighted by atomic mass is 10.1. The van der Waals surface area contributed by atoms with Crippen molar-refractivity contribution in [2.75, 3.05) is 26.9 Å². The summed E-state index contributed by atoms with van der Waals surface area (Å²) in [7, 11) is 1.54. The Morgan fingerprint density at radius 1 is 1.12 bits per heavy atom. The molecule has 0 saturated heterocycles. The number of benzene rings is 2. The molecule has 3 aromatic rings. The van der Waals surface area contributed by atoms with Crippen molar-refractivity contribution in [3.05, 3.63) is 70.4 Å². The zero-order valence-corrected chi connectivity index (χ0v) is 19.1. The third kappa shape index (κ3) is 6.60. The first kappa shape index (κ1) is 23.9. The Kier molecular flexibility index (Phi) is 8.90. The molecule has 6 nitrogen and oxygen atoms in total. The second-order valence-electron chi connectivity index (χ2n) is 6.97. The van der Waals surface area contributed by atoms with Crippen LogP contribution in [0, 0.1) is 23.7 Å². The van der Waals surface area contributed by atoms with E-state index in [1.807, 2.05) is 60.0 Å². The lowest BCUT2D eigenvalue weighted by Crippen LogP contribution is -2.32. The number of rotatable bonds is 11. The van der Waals surface area contributed by atoms with Gasteiger partial charge in [0.1, 0.15) is 12.7 Å². The Morgan fingerprint density at radius 2 is 1.94 bits per heavy atom. The summed E-state index contributed by atoms with van der Waals surface area (Å²) in [5.41, 5.74) is 3.07. The number of carbonyl (C=O) groups is 1. The van der Waals surface area contributed by atoms with Crippen LogP contribution >= 0.6 is 11.3 Å². The molecule has 0 aliphatic rings. The van der Waals surface area contributed by atoms with Crippen LogP contribution in [0.25, 0.3) is 11.1 Å². The van der Waals surface area contributed by atoms with Gasteiger partial charge >= 0.3 is 0 Å². The third-order valence-electron chi connectivity index (χ3n) is 4.79. The number of nitrogens with one attached hydrogen (secondary N) is 1. The SMILES string of the molecule is C#CCOC(C(=O)NCCc1ccc(OCC#N)c(OC)c1)c1cc(-c2ccccc2)cs1. The highest BCUT2D eigenvalue weighted by Gasteiger charge is 2.23. The Bertz CT molecular complexity index is 1150. The molecule has 2 aromatic carbocycles. The maximum absolute atomic E-state index is 12.9. The van der Waals surface area contributed by atoms with E-state index in [0.29, 0.717) is 24.5 Å². The summed E-state index contributed by atoms with van der Waals surface area (Å²) in [5.74, 6) is 3.23. The first-order chi connectivity index (χ1) is 16.2. The van der Waals surface area contributed by atoms with Gasteiger partial charge in [-0.15, -0.1) is 17.8 Å². The fraction of sp³-hybridized carbons (Fsp3) is 0.231. The summed E-state index contributed by atoms with van der Waals surface area (Å²) in [5, 5.41) is 13.6. The standard InChI is InChI=1S/C26H24N2O4S/c1-3-14-32-25(24-17-21(18-33-24)20-7-5-4-6-8-20)26(29)28-13-11-19-9-10-22(31-15-12-27)23(16-19)30-2/h1,4-10,16-18,25H,11,13-15H2,2H3,(H,28,29). The van der Waals surface area contributed by atoms with E-state index in [1.165, 1.54) is 18.4 Å². The summed E-state index contributed by atoms with van der Waals surface area (Å²) in [6, 6.07) is 19.3. The van der Waals surface area contributed by atoms with Gasteiger partial charge in [-0.25, -0.2) is 0 Å². The molecule has 1 atom stereocenters. The average molecular weight is 461 g/mol. The number of thiophene rings is 1. The average Bonchev–Trinajstić information content (AvgIpc) is 3.34. The number of hydrogen-bond acceptors (Lipinski definition) is 6. The van der Waals surface area contributed by atoms with Crippen LogP contribution in [0.5, 0.6) is 11.5 Å². The number of methoxy groups -OCH3 is 1. The van der Waals surface area contributed by atoms with Crippen molar-refractivity contribution in [3.63, 3.8) is 0 Å². The van der Waals surface area contributed by atoms with Crippen LogP contribution < -0.4 is 14.8 Å². The van der Waals surface area contributed by atoms with Crippen LogP contribution in [0.4, 0.5) is 0 Å². The number of terminal acetylenes is 1. The molecular formula is C26H24N2O4S. The maximum Gasteiger partial charge on any atom is 0.254 e. The lowest BCUT2D eigenvalue weighted by Gasteiger charge is -2.15. The first-order valence-corrected chi connectivity index (χ1v) is 11.2. The quantitative estimate of drug-likeness (QED) is 0.430. The van der Waals surface area contributed by atoms with E-state index in [4.69, 9.17) is 25.9 Å². The first-order valence-electron chi connectivity index (χ1n) is 10.3. The molecule has 1 unspecified atom stereocenters. The van der Waals surface area contributed by atoms with Crippen LogP contribution in [-0.2, 0) is 16.0 Å². The lowest BCUT2D eigenvalue weighted by molar-refractivity contribution is -0.132. The number of ether oxygens (including phenoxy) is 3. The molecule has 0 aliphatic heterocycles. The van der Waals surface area contributed by atoms with Crippen molar-refractivity contribution in [3.8, 4) is 41.0 Å². The van der Waals surface area contributed by atoms with Crippen molar-refractivity contribution in [1.82, 2.24) is 5.32 Å². The molecule has 168 valence electrons. The van der Waals surface area contributed by atoms with Gasteiger partial charge in [-0.05, 0) is 46.7 Å². The molecule has 0 saturated carbocycles. The highest BCUT2D eigenvalue weighted by molar-refractivity contribution is 7.10. The fourth-order valence-electron chi connectivity index (χ4n) is 3.21.